The number of carbonyl (C=O) groups is 1. The summed E-state index contributed by atoms with van der Waals surface area (Å²) in [5.74, 6) is 0.426. The number of amides is 1. The Kier molecular flexibility index (Phi) is 4.35. The Hall–Kier alpha value is -3.21. The van der Waals surface area contributed by atoms with E-state index in [9.17, 15) is 4.79 Å². The molecule has 0 atom stereocenters. The SMILES string of the molecule is CN(c1ccccc1)c1nccc(C(=O)N2CCCc3ccccc32)n1. The summed E-state index contributed by atoms with van der Waals surface area (Å²) in [6, 6.07) is 19.6. The van der Waals surface area contributed by atoms with Gasteiger partial charge in [0, 0.05) is 31.2 Å². The van der Waals surface area contributed by atoms with Gasteiger partial charge in [-0.05, 0) is 42.7 Å². The van der Waals surface area contributed by atoms with Crippen LogP contribution in [0.5, 0.6) is 0 Å². The number of hydrogen-bond donors (Lipinski definition) is 0. The van der Waals surface area contributed by atoms with Gasteiger partial charge < -0.3 is 9.80 Å². The maximum atomic E-state index is 13.1. The standard InChI is InChI=1S/C21H20N4O/c1-24(17-10-3-2-4-11-17)21-22-14-13-18(23-21)20(26)25-15-7-9-16-8-5-6-12-19(16)25/h2-6,8,10-14H,7,9,15H2,1H3. The molecular weight excluding hydrogens is 324 g/mol. The minimum atomic E-state index is -0.0812. The third-order valence-electron chi connectivity index (χ3n) is 4.66. The van der Waals surface area contributed by atoms with Crippen LogP contribution in [0.3, 0.4) is 0 Å². The minimum absolute atomic E-state index is 0.0812. The van der Waals surface area contributed by atoms with E-state index in [1.54, 1.807) is 12.3 Å². The highest BCUT2D eigenvalue weighted by molar-refractivity contribution is 6.05. The monoisotopic (exact) mass is 344 g/mol. The van der Waals surface area contributed by atoms with Crippen molar-refractivity contribution < 1.29 is 4.79 Å². The lowest BCUT2D eigenvalue weighted by molar-refractivity contribution is 0.0980. The molecule has 5 nitrogen and oxygen atoms in total. The Morgan fingerprint density at radius 1 is 1.04 bits per heavy atom. The average molecular weight is 344 g/mol. The van der Waals surface area contributed by atoms with E-state index in [0.717, 1.165) is 24.2 Å². The first-order chi connectivity index (χ1) is 12.7. The summed E-state index contributed by atoms with van der Waals surface area (Å²) in [5.41, 5.74) is 3.58. The second-order valence-corrected chi connectivity index (χ2v) is 6.33. The number of nitrogens with zero attached hydrogens (tertiary/aromatic N) is 4. The van der Waals surface area contributed by atoms with E-state index in [-0.39, 0.29) is 5.91 Å². The number of carbonyl (C=O) groups excluding carboxylic acids is 1. The molecule has 0 unspecified atom stereocenters. The third kappa shape index (κ3) is 3.04. The fourth-order valence-electron chi connectivity index (χ4n) is 3.28. The van der Waals surface area contributed by atoms with Crippen LogP contribution in [-0.4, -0.2) is 29.5 Å². The van der Waals surface area contributed by atoms with Crippen LogP contribution in [-0.2, 0) is 6.42 Å². The summed E-state index contributed by atoms with van der Waals surface area (Å²) in [7, 11) is 1.90. The van der Waals surface area contributed by atoms with Crippen molar-refractivity contribution in [2.45, 2.75) is 12.8 Å². The highest BCUT2D eigenvalue weighted by Gasteiger charge is 2.24. The van der Waals surface area contributed by atoms with Gasteiger partial charge in [0.15, 0.2) is 0 Å². The van der Waals surface area contributed by atoms with E-state index in [1.165, 1.54) is 5.56 Å². The molecule has 2 heterocycles. The molecule has 0 fully saturated rings. The zero-order valence-electron chi connectivity index (χ0n) is 14.7. The summed E-state index contributed by atoms with van der Waals surface area (Å²) in [6.45, 7) is 0.712. The first-order valence-corrected chi connectivity index (χ1v) is 8.75. The van der Waals surface area contributed by atoms with Gasteiger partial charge in [-0.1, -0.05) is 36.4 Å². The number of aromatic nitrogens is 2. The Morgan fingerprint density at radius 2 is 1.81 bits per heavy atom. The van der Waals surface area contributed by atoms with Crippen LogP contribution in [0.25, 0.3) is 0 Å². The second-order valence-electron chi connectivity index (χ2n) is 6.33. The molecule has 2 aromatic carbocycles. The van der Waals surface area contributed by atoms with Gasteiger partial charge in [-0.15, -0.1) is 0 Å². The summed E-state index contributed by atoms with van der Waals surface area (Å²) >= 11 is 0. The van der Waals surface area contributed by atoms with Crippen LogP contribution in [0.1, 0.15) is 22.5 Å². The molecule has 0 N–H and O–H groups in total. The van der Waals surface area contributed by atoms with Gasteiger partial charge in [0.1, 0.15) is 5.69 Å². The zero-order chi connectivity index (χ0) is 17.9. The predicted octanol–water partition coefficient (Wildman–Crippen LogP) is 3.84. The molecule has 26 heavy (non-hydrogen) atoms. The lowest BCUT2D eigenvalue weighted by atomic mass is 10.0. The summed E-state index contributed by atoms with van der Waals surface area (Å²) < 4.78 is 0. The lowest BCUT2D eigenvalue weighted by Crippen LogP contribution is -2.36. The van der Waals surface area contributed by atoms with Crippen molar-refractivity contribution in [3.8, 4) is 0 Å². The van der Waals surface area contributed by atoms with Crippen molar-refractivity contribution >= 4 is 23.2 Å². The Morgan fingerprint density at radius 3 is 2.65 bits per heavy atom. The van der Waals surface area contributed by atoms with Crippen molar-refractivity contribution in [3.05, 3.63) is 78.1 Å². The van der Waals surface area contributed by atoms with Crippen LogP contribution >= 0.6 is 0 Å². The van der Waals surface area contributed by atoms with E-state index < -0.39 is 0 Å². The highest BCUT2D eigenvalue weighted by atomic mass is 16.2. The highest BCUT2D eigenvalue weighted by Crippen LogP contribution is 2.28. The van der Waals surface area contributed by atoms with E-state index in [0.29, 0.717) is 18.2 Å². The van der Waals surface area contributed by atoms with Gasteiger partial charge in [-0.25, -0.2) is 9.97 Å². The molecule has 1 aliphatic rings. The molecular formula is C21H20N4O. The third-order valence-corrected chi connectivity index (χ3v) is 4.66. The second kappa shape index (κ2) is 6.96. The van der Waals surface area contributed by atoms with Gasteiger partial charge >= 0.3 is 0 Å². The van der Waals surface area contributed by atoms with Crippen molar-refractivity contribution in [2.75, 3.05) is 23.4 Å². The molecule has 1 aliphatic heterocycles. The number of anilines is 3. The largest absolute Gasteiger partial charge is 0.314 e. The molecule has 0 aliphatic carbocycles. The molecule has 0 saturated carbocycles. The van der Waals surface area contributed by atoms with Crippen LogP contribution < -0.4 is 9.80 Å². The van der Waals surface area contributed by atoms with Gasteiger partial charge in [0.2, 0.25) is 5.95 Å². The van der Waals surface area contributed by atoms with Crippen molar-refractivity contribution in [1.29, 1.82) is 0 Å². The molecule has 0 bridgehead atoms. The van der Waals surface area contributed by atoms with Crippen molar-refractivity contribution in [1.82, 2.24) is 9.97 Å². The fourth-order valence-corrected chi connectivity index (χ4v) is 3.28. The summed E-state index contributed by atoms with van der Waals surface area (Å²) in [5, 5.41) is 0. The van der Waals surface area contributed by atoms with Gasteiger partial charge in [-0.3, -0.25) is 4.79 Å². The predicted molar refractivity (Wildman–Crippen MR) is 103 cm³/mol. The maximum Gasteiger partial charge on any atom is 0.277 e. The van der Waals surface area contributed by atoms with E-state index >= 15 is 0 Å². The number of rotatable bonds is 3. The molecule has 1 aromatic heterocycles. The number of benzene rings is 2. The van der Waals surface area contributed by atoms with Gasteiger partial charge in [0.05, 0.1) is 0 Å². The number of hydrogen-bond acceptors (Lipinski definition) is 4. The smallest absolute Gasteiger partial charge is 0.277 e. The Labute approximate surface area is 152 Å². The normalized spacial score (nSPS) is 13.2. The molecule has 0 saturated heterocycles. The first-order valence-electron chi connectivity index (χ1n) is 8.75. The van der Waals surface area contributed by atoms with Crippen molar-refractivity contribution in [3.63, 3.8) is 0 Å². The topological polar surface area (TPSA) is 49.3 Å². The summed E-state index contributed by atoms with van der Waals surface area (Å²) in [4.78, 5) is 25.6. The quantitative estimate of drug-likeness (QED) is 0.724. The Balaban J connectivity index is 1.64. The summed E-state index contributed by atoms with van der Waals surface area (Å²) in [6.07, 6.45) is 3.61. The van der Waals surface area contributed by atoms with Crippen molar-refractivity contribution in [2.24, 2.45) is 0 Å². The van der Waals surface area contributed by atoms with Gasteiger partial charge in [0.25, 0.3) is 5.91 Å². The Bertz CT molecular complexity index is 926. The molecule has 3 aromatic rings. The molecule has 5 heteroatoms. The number of fused-ring (bicyclic) bond motifs is 1. The van der Waals surface area contributed by atoms with E-state index in [1.807, 2.05) is 65.4 Å². The zero-order valence-corrected chi connectivity index (χ0v) is 14.7. The van der Waals surface area contributed by atoms with E-state index in [4.69, 9.17) is 0 Å². The number of para-hydroxylation sites is 2. The molecule has 4 rings (SSSR count). The van der Waals surface area contributed by atoms with Crippen LogP contribution in [0.15, 0.2) is 66.9 Å². The van der Waals surface area contributed by atoms with Crippen LogP contribution in [0.4, 0.5) is 17.3 Å². The maximum absolute atomic E-state index is 13.1. The molecule has 130 valence electrons. The van der Waals surface area contributed by atoms with Crippen LogP contribution in [0, 0.1) is 0 Å². The molecule has 1 amide bonds. The average Bonchev–Trinajstić information content (AvgIpc) is 2.73. The first kappa shape index (κ1) is 16.3. The van der Waals surface area contributed by atoms with Crippen LogP contribution in [0.2, 0.25) is 0 Å². The minimum Gasteiger partial charge on any atom is -0.314 e. The molecule has 0 radical (unpaired) electrons. The van der Waals surface area contributed by atoms with E-state index in [2.05, 4.69) is 16.0 Å². The lowest BCUT2D eigenvalue weighted by Gasteiger charge is -2.29. The molecule has 0 spiro atoms. The number of aryl methyl sites for hydroxylation is 1. The fraction of sp³-hybridized carbons (Fsp3) is 0.190. The van der Waals surface area contributed by atoms with Gasteiger partial charge in [-0.2, -0.15) is 0 Å².